The molecule has 0 bridgehead atoms. The summed E-state index contributed by atoms with van der Waals surface area (Å²) in [4.78, 5) is 49.0. The highest BCUT2D eigenvalue weighted by Crippen LogP contribution is 2.47. The SMILES string of the molecule is C[C@]12CCC(=O)N1[C@H](C(=O)OCC(=O)NNC(=O)COc1ccc(Cl)cc1)CS2. The Balaban J connectivity index is 1.36. The Bertz CT molecular complexity index is 820. The van der Waals surface area contributed by atoms with Gasteiger partial charge in [-0.1, -0.05) is 11.6 Å². The Morgan fingerprint density at radius 3 is 2.55 bits per heavy atom. The molecule has 2 aliphatic rings. The number of thioether (sulfide) groups is 1. The molecule has 3 amide bonds. The molecule has 0 aliphatic carbocycles. The van der Waals surface area contributed by atoms with Crippen molar-refractivity contribution in [3.05, 3.63) is 29.3 Å². The van der Waals surface area contributed by atoms with E-state index in [-0.39, 0.29) is 17.4 Å². The van der Waals surface area contributed by atoms with E-state index in [1.54, 1.807) is 29.2 Å². The predicted octanol–water partition coefficient (Wildman–Crippen LogP) is 0.863. The van der Waals surface area contributed by atoms with Crippen LogP contribution in [0, 0.1) is 0 Å². The van der Waals surface area contributed by atoms with Gasteiger partial charge in [0.2, 0.25) is 5.91 Å². The van der Waals surface area contributed by atoms with Crippen LogP contribution in [-0.4, -0.2) is 58.5 Å². The van der Waals surface area contributed by atoms with Crippen molar-refractivity contribution in [3.63, 3.8) is 0 Å². The normalized spacial score (nSPS) is 22.8. The van der Waals surface area contributed by atoms with Crippen LogP contribution in [0.2, 0.25) is 5.02 Å². The fourth-order valence-corrected chi connectivity index (χ4v) is 4.66. The minimum Gasteiger partial charge on any atom is -0.484 e. The minimum atomic E-state index is -0.709. The number of hydrazine groups is 1. The summed E-state index contributed by atoms with van der Waals surface area (Å²) < 4.78 is 10.2. The van der Waals surface area contributed by atoms with E-state index < -0.39 is 30.4 Å². The van der Waals surface area contributed by atoms with Gasteiger partial charge in [0.1, 0.15) is 11.8 Å². The van der Waals surface area contributed by atoms with Crippen molar-refractivity contribution in [2.24, 2.45) is 0 Å². The summed E-state index contributed by atoms with van der Waals surface area (Å²) in [6.45, 7) is 1.03. The van der Waals surface area contributed by atoms with Crippen molar-refractivity contribution in [3.8, 4) is 5.75 Å². The first kappa shape index (κ1) is 21.3. The summed E-state index contributed by atoms with van der Waals surface area (Å²) in [5.74, 6) is -1.14. The second-order valence-corrected chi connectivity index (χ2v) is 8.65. The van der Waals surface area contributed by atoms with Crippen molar-refractivity contribution in [1.29, 1.82) is 0 Å². The maximum absolute atomic E-state index is 12.3. The van der Waals surface area contributed by atoms with Crippen molar-refractivity contribution in [1.82, 2.24) is 15.8 Å². The molecule has 2 N–H and O–H groups in total. The van der Waals surface area contributed by atoms with E-state index in [1.807, 2.05) is 6.92 Å². The molecule has 2 aliphatic heterocycles. The third kappa shape index (κ3) is 5.13. The van der Waals surface area contributed by atoms with Gasteiger partial charge in [0.05, 0.1) is 4.87 Å². The molecule has 3 rings (SSSR count). The number of rotatable bonds is 6. The summed E-state index contributed by atoms with van der Waals surface area (Å²) in [7, 11) is 0. The molecule has 1 aromatic rings. The molecular weight excluding hydrogens is 422 g/mol. The van der Waals surface area contributed by atoms with Crippen LogP contribution in [0.5, 0.6) is 5.75 Å². The average Bonchev–Trinajstić information content (AvgIpc) is 3.19. The monoisotopic (exact) mass is 441 g/mol. The van der Waals surface area contributed by atoms with Crippen molar-refractivity contribution >= 4 is 47.1 Å². The highest BCUT2D eigenvalue weighted by molar-refractivity contribution is 8.01. The summed E-state index contributed by atoms with van der Waals surface area (Å²) in [6.07, 6.45) is 1.09. The first-order valence-electron chi connectivity index (χ1n) is 8.87. The summed E-state index contributed by atoms with van der Waals surface area (Å²) >= 11 is 7.29. The Morgan fingerprint density at radius 1 is 1.21 bits per heavy atom. The van der Waals surface area contributed by atoms with E-state index in [4.69, 9.17) is 21.1 Å². The lowest BCUT2D eigenvalue weighted by Gasteiger charge is -2.29. The molecule has 2 atom stereocenters. The van der Waals surface area contributed by atoms with Crippen LogP contribution in [0.25, 0.3) is 0 Å². The molecule has 0 radical (unpaired) electrons. The van der Waals surface area contributed by atoms with Gasteiger partial charge < -0.3 is 14.4 Å². The van der Waals surface area contributed by atoms with Crippen molar-refractivity contribution < 1.29 is 28.7 Å². The number of esters is 1. The number of carbonyl (C=O) groups is 4. The summed E-state index contributed by atoms with van der Waals surface area (Å²) in [6, 6.07) is 5.74. The topological polar surface area (TPSA) is 114 Å². The largest absolute Gasteiger partial charge is 0.484 e. The number of carbonyl (C=O) groups excluding carboxylic acids is 4. The minimum absolute atomic E-state index is 0.0862. The van der Waals surface area contributed by atoms with Gasteiger partial charge in [0, 0.05) is 17.2 Å². The van der Waals surface area contributed by atoms with Crippen molar-refractivity contribution in [2.75, 3.05) is 19.0 Å². The molecule has 9 nitrogen and oxygen atoms in total. The first-order chi connectivity index (χ1) is 13.8. The molecular formula is C18H20ClN3O6S. The molecule has 2 heterocycles. The number of hydrogen-bond donors (Lipinski definition) is 2. The highest BCUT2D eigenvalue weighted by Gasteiger charge is 2.53. The zero-order valence-electron chi connectivity index (χ0n) is 15.6. The van der Waals surface area contributed by atoms with Crippen LogP contribution in [0.15, 0.2) is 24.3 Å². The Labute approximate surface area is 176 Å². The molecule has 29 heavy (non-hydrogen) atoms. The first-order valence-corrected chi connectivity index (χ1v) is 10.2. The lowest BCUT2D eigenvalue weighted by atomic mass is 10.2. The van der Waals surface area contributed by atoms with E-state index in [9.17, 15) is 19.2 Å². The van der Waals surface area contributed by atoms with Crippen molar-refractivity contribution in [2.45, 2.75) is 30.7 Å². The number of halogens is 1. The lowest BCUT2D eigenvalue weighted by molar-refractivity contribution is -0.156. The summed E-state index contributed by atoms with van der Waals surface area (Å²) in [5.41, 5.74) is 4.29. The maximum atomic E-state index is 12.3. The van der Waals surface area contributed by atoms with Crippen LogP contribution >= 0.6 is 23.4 Å². The molecule has 2 saturated heterocycles. The highest BCUT2D eigenvalue weighted by atomic mass is 35.5. The molecule has 0 saturated carbocycles. The second kappa shape index (κ2) is 8.91. The Kier molecular flexibility index (Phi) is 6.53. The molecule has 0 unspecified atom stereocenters. The standard InChI is InChI=1S/C18H20ClN3O6S/c1-18-7-6-16(25)22(18)13(10-29-18)17(26)28-9-15(24)21-20-14(23)8-27-12-4-2-11(19)3-5-12/h2-5,13H,6-10H2,1H3,(H,20,23)(H,21,24)/t13-,18-/m0/s1. The zero-order valence-corrected chi connectivity index (χ0v) is 17.2. The number of benzene rings is 1. The smallest absolute Gasteiger partial charge is 0.330 e. The van der Waals surface area contributed by atoms with E-state index in [1.165, 1.54) is 11.8 Å². The number of fused-ring (bicyclic) bond motifs is 1. The number of hydrogen-bond acceptors (Lipinski definition) is 7. The Hall–Kier alpha value is -2.46. The lowest BCUT2D eigenvalue weighted by Crippen LogP contribution is -2.48. The van der Waals surface area contributed by atoms with E-state index in [0.717, 1.165) is 0 Å². The number of ether oxygens (including phenoxy) is 2. The van der Waals surface area contributed by atoms with Gasteiger partial charge in [0.15, 0.2) is 13.2 Å². The zero-order chi connectivity index (χ0) is 21.0. The average molecular weight is 442 g/mol. The van der Waals surface area contributed by atoms with Gasteiger partial charge in [-0.2, -0.15) is 0 Å². The van der Waals surface area contributed by atoms with Gasteiger partial charge in [-0.3, -0.25) is 25.2 Å². The molecule has 1 aromatic carbocycles. The van der Waals surface area contributed by atoms with Gasteiger partial charge >= 0.3 is 5.97 Å². The molecule has 0 spiro atoms. The Morgan fingerprint density at radius 2 is 1.86 bits per heavy atom. The molecule has 156 valence electrons. The van der Waals surface area contributed by atoms with Gasteiger partial charge in [-0.15, -0.1) is 11.8 Å². The van der Waals surface area contributed by atoms with Crippen LogP contribution in [0.3, 0.4) is 0 Å². The fraction of sp³-hybridized carbons (Fsp3) is 0.444. The van der Waals surface area contributed by atoms with Crippen LogP contribution in [0.1, 0.15) is 19.8 Å². The summed E-state index contributed by atoms with van der Waals surface area (Å²) in [5, 5.41) is 0.540. The molecule has 11 heteroatoms. The quantitative estimate of drug-likeness (QED) is 0.497. The third-order valence-electron chi connectivity index (χ3n) is 4.59. The number of nitrogens with zero attached hydrogens (tertiary/aromatic N) is 1. The third-order valence-corrected chi connectivity index (χ3v) is 6.34. The van der Waals surface area contributed by atoms with Crippen LogP contribution in [-0.2, 0) is 23.9 Å². The second-order valence-electron chi connectivity index (χ2n) is 6.71. The van der Waals surface area contributed by atoms with Gasteiger partial charge in [0.25, 0.3) is 11.8 Å². The van der Waals surface area contributed by atoms with E-state index in [0.29, 0.717) is 29.4 Å². The molecule has 0 aromatic heterocycles. The van der Waals surface area contributed by atoms with Crippen LogP contribution < -0.4 is 15.6 Å². The van der Waals surface area contributed by atoms with E-state index >= 15 is 0 Å². The van der Waals surface area contributed by atoms with Gasteiger partial charge in [-0.05, 0) is 37.6 Å². The van der Waals surface area contributed by atoms with E-state index in [2.05, 4.69) is 10.9 Å². The maximum Gasteiger partial charge on any atom is 0.330 e. The molecule has 2 fully saturated rings. The fourth-order valence-electron chi connectivity index (χ4n) is 3.12. The number of amides is 3. The predicted molar refractivity (Wildman–Crippen MR) is 105 cm³/mol. The number of nitrogens with one attached hydrogen (secondary N) is 2. The van der Waals surface area contributed by atoms with Crippen LogP contribution in [0.4, 0.5) is 0 Å². The van der Waals surface area contributed by atoms with Gasteiger partial charge in [-0.25, -0.2) is 4.79 Å².